The number of fused-ring (bicyclic) bond motifs is 1. The van der Waals surface area contributed by atoms with Crippen LogP contribution in [0.3, 0.4) is 0 Å². The van der Waals surface area contributed by atoms with Crippen molar-refractivity contribution >= 4 is 53.2 Å². The van der Waals surface area contributed by atoms with Crippen LogP contribution in [0.1, 0.15) is 37.3 Å². The third kappa shape index (κ3) is 5.29. The molecule has 3 saturated heterocycles. The van der Waals surface area contributed by atoms with Gasteiger partial charge in [0.15, 0.2) is 0 Å². The summed E-state index contributed by atoms with van der Waals surface area (Å²) in [7, 11) is 1.96. The second kappa shape index (κ2) is 11.0. The van der Waals surface area contributed by atoms with Crippen molar-refractivity contribution in [2.24, 2.45) is 13.0 Å². The first kappa shape index (κ1) is 25.7. The quantitative estimate of drug-likeness (QED) is 0.630. The number of para-hydroxylation sites is 1. The number of hydrogen-bond donors (Lipinski definition) is 2. The number of carbonyl (C=O) groups excluding carboxylic acids is 2. The van der Waals surface area contributed by atoms with E-state index >= 15 is 0 Å². The summed E-state index contributed by atoms with van der Waals surface area (Å²) in [6, 6.07) is 6.30. The van der Waals surface area contributed by atoms with Gasteiger partial charge in [0.1, 0.15) is 0 Å². The highest BCUT2D eigenvalue weighted by Crippen LogP contribution is 2.36. The molecule has 3 aliphatic rings. The number of carbonyl (C=O) groups is 2. The molecule has 2 N–H and O–H groups in total. The minimum absolute atomic E-state index is 0. The molecule has 0 aliphatic carbocycles. The van der Waals surface area contributed by atoms with Gasteiger partial charge in [-0.1, -0.05) is 12.1 Å². The van der Waals surface area contributed by atoms with E-state index in [0.29, 0.717) is 12.8 Å². The summed E-state index contributed by atoms with van der Waals surface area (Å²) < 4.78 is 1.91. The lowest BCUT2D eigenvalue weighted by atomic mass is 9.92. The van der Waals surface area contributed by atoms with Gasteiger partial charge in [0.25, 0.3) is 0 Å². The molecule has 3 fully saturated rings. The van der Waals surface area contributed by atoms with Crippen LogP contribution >= 0.6 is 24.8 Å². The van der Waals surface area contributed by atoms with Crippen molar-refractivity contribution in [3.05, 3.63) is 23.9 Å². The van der Waals surface area contributed by atoms with Crippen LogP contribution in [0.25, 0.3) is 10.9 Å². The minimum Gasteiger partial charge on any atom is -0.370 e. The molecule has 0 spiro atoms. The first-order valence-corrected chi connectivity index (χ1v) is 11.6. The van der Waals surface area contributed by atoms with Gasteiger partial charge in [-0.2, -0.15) is 5.10 Å². The van der Waals surface area contributed by atoms with E-state index in [1.54, 1.807) is 0 Å². The lowest BCUT2D eigenvalue weighted by Gasteiger charge is -2.37. The molecule has 8 nitrogen and oxygen atoms in total. The number of imide groups is 1. The fourth-order valence-electron chi connectivity index (χ4n) is 5.43. The first-order valence-electron chi connectivity index (χ1n) is 11.6. The van der Waals surface area contributed by atoms with Gasteiger partial charge in [-0.3, -0.25) is 19.6 Å². The fourth-order valence-corrected chi connectivity index (χ4v) is 5.43. The van der Waals surface area contributed by atoms with E-state index in [1.807, 2.05) is 11.7 Å². The Balaban J connectivity index is 0.00000153. The van der Waals surface area contributed by atoms with Gasteiger partial charge in [-0.15, -0.1) is 24.8 Å². The lowest BCUT2D eigenvalue weighted by Crippen LogP contribution is -2.47. The molecule has 0 radical (unpaired) electrons. The molecule has 1 aromatic carbocycles. The summed E-state index contributed by atoms with van der Waals surface area (Å²) in [4.78, 5) is 29.1. The van der Waals surface area contributed by atoms with E-state index < -0.39 is 0 Å². The number of rotatable bonds is 4. The molecule has 3 aliphatic heterocycles. The number of aromatic nitrogens is 2. The fraction of sp³-hybridized carbons (Fsp3) is 0.609. The maximum Gasteiger partial charge on any atom is 0.235 e. The maximum atomic E-state index is 12.4. The predicted octanol–water partition coefficient (Wildman–Crippen LogP) is 2.06. The first-order chi connectivity index (χ1) is 15.1. The zero-order chi connectivity index (χ0) is 21.4. The Kier molecular flexibility index (Phi) is 8.61. The van der Waals surface area contributed by atoms with Crippen molar-refractivity contribution in [1.29, 1.82) is 0 Å². The third-order valence-corrected chi connectivity index (χ3v) is 7.12. The number of amides is 2. The maximum absolute atomic E-state index is 12.4. The van der Waals surface area contributed by atoms with E-state index in [2.05, 4.69) is 38.6 Å². The molecule has 2 aromatic rings. The van der Waals surface area contributed by atoms with E-state index in [4.69, 9.17) is 5.10 Å². The minimum atomic E-state index is -0.360. The van der Waals surface area contributed by atoms with Gasteiger partial charge in [-0.25, -0.2) is 0 Å². The topological polar surface area (TPSA) is 82.5 Å². The number of hydrogen-bond acceptors (Lipinski definition) is 6. The van der Waals surface area contributed by atoms with E-state index in [1.165, 1.54) is 25.1 Å². The number of nitrogens with one attached hydrogen (secondary N) is 2. The summed E-state index contributed by atoms with van der Waals surface area (Å²) in [6.07, 6.45) is 3.31. The van der Waals surface area contributed by atoms with Crippen LogP contribution in [0.5, 0.6) is 0 Å². The van der Waals surface area contributed by atoms with Gasteiger partial charge in [0.05, 0.1) is 22.8 Å². The van der Waals surface area contributed by atoms with Crippen molar-refractivity contribution in [1.82, 2.24) is 25.3 Å². The molecule has 33 heavy (non-hydrogen) atoms. The monoisotopic (exact) mass is 496 g/mol. The Labute approximate surface area is 207 Å². The average molecular weight is 497 g/mol. The normalized spacial score (nSPS) is 22.6. The van der Waals surface area contributed by atoms with Crippen LogP contribution < -0.4 is 15.5 Å². The Morgan fingerprint density at radius 3 is 2.45 bits per heavy atom. The Morgan fingerprint density at radius 2 is 1.76 bits per heavy atom. The molecule has 4 heterocycles. The van der Waals surface area contributed by atoms with Crippen molar-refractivity contribution in [3.8, 4) is 0 Å². The number of piperidine rings is 2. The number of anilines is 1. The van der Waals surface area contributed by atoms with Gasteiger partial charge >= 0.3 is 0 Å². The van der Waals surface area contributed by atoms with Crippen LogP contribution in [-0.4, -0.2) is 72.3 Å². The van der Waals surface area contributed by atoms with Crippen LogP contribution in [-0.2, 0) is 16.6 Å². The molecule has 5 rings (SSSR count). The number of nitrogens with zero attached hydrogens (tertiary/aromatic N) is 4. The summed E-state index contributed by atoms with van der Waals surface area (Å²) >= 11 is 0. The Bertz CT molecular complexity index is 983. The van der Waals surface area contributed by atoms with Crippen LogP contribution in [0.4, 0.5) is 5.69 Å². The molecule has 0 saturated carbocycles. The van der Waals surface area contributed by atoms with Crippen molar-refractivity contribution in [2.45, 2.75) is 31.6 Å². The van der Waals surface area contributed by atoms with Crippen LogP contribution in [0.2, 0.25) is 0 Å². The van der Waals surface area contributed by atoms with Crippen LogP contribution in [0.15, 0.2) is 18.2 Å². The molecule has 0 bridgehead atoms. The molecular weight excluding hydrogens is 463 g/mol. The highest BCUT2D eigenvalue weighted by atomic mass is 35.5. The lowest BCUT2D eigenvalue weighted by molar-refractivity contribution is -0.134. The third-order valence-electron chi connectivity index (χ3n) is 7.12. The molecule has 10 heteroatoms. The summed E-state index contributed by atoms with van der Waals surface area (Å²) in [6.45, 7) is 7.86. The number of aryl methyl sites for hydroxylation is 1. The molecular formula is C23H34Cl2N6O2. The van der Waals surface area contributed by atoms with Gasteiger partial charge in [-0.05, 0) is 31.2 Å². The van der Waals surface area contributed by atoms with E-state index in [9.17, 15) is 9.59 Å². The van der Waals surface area contributed by atoms with Gasteiger partial charge < -0.3 is 15.1 Å². The largest absolute Gasteiger partial charge is 0.370 e. The predicted molar refractivity (Wildman–Crippen MR) is 135 cm³/mol. The van der Waals surface area contributed by atoms with E-state index in [0.717, 1.165) is 61.8 Å². The molecule has 1 aromatic heterocycles. The second-order valence-electron chi connectivity index (χ2n) is 9.17. The highest BCUT2D eigenvalue weighted by Gasteiger charge is 2.32. The molecule has 1 atom stereocenters. The number of piperazine rings is 1. The highest BCUT2D eigenvalue weighted by molar-refractivity contribution is 6.03. The van der Waals surface area contributed by atoms with Crippen molar-refractivity contribution in [3.63, 3.8) is 0 Å². The van der Waals surface area contributed by atoms with Gasteiger partial charge in [0, 0.05) is 64.7 Å². The zero-order valence-corrected chi connectivity index (χ0v) is 20.7. The SMILES string of the molecule is Cl.Cl.Cn1nc(C2CCC(=O)NC2=O)c2cccc(N3CCC(CN4CCNCC4)CC3)c21. The summed E-state index contributed by atoms with van der Waals surface area (Å²) in [5, 5.41) is 11.7. The zero-order valence-electron chi connectivity index (χ0n) is 19.1. The van der Waals surface area contributed by atoms with Gasteiger partial charge in [0.2, 0.25) is 11.8 Å². The standard InChI is InChI=1S/C23H32N6O2.2ClH/c1-27-22-17(21(26-27)18-5-6-20(30)25-23(18)31)3-2-4-19(22)29-11-7-16(8-12-29)15-28-13-9-24-10-14-28;;/h2-4,16,18,24H,5-15H2,1H3,(H,25,30,31);2*1H. The van der Waals surface area contributed by atoms with E-state index in [-0.39, 0.29) is 42.5 Å². The molecule has 2 amide bonds. The number of benzene rings is 1. The summed E-state index contributed by atoms with van der Waals surface area (Å²) in [5.41, 5.74) is 3.08. The van der Waals surface area contributed by atoms with Crippen molar-refractivity contribution in [2.75, 3.05) is 50.7 Å². The summed E-state index contributed by atoms with van der Waals surface area (Å²) in [5.74, 6) is -0.0122. The number of halogens is 2. The smallest absolute Gasteiger partial charge is 0.235 e. The Morgan fingerprint density at radius 1 is 1.03 bits per heavy atom. The average Bonchev–Trinajstić information content (AvgIpc) is 3.12. The van der Waals surface area contributed by atoms with Crippen molar-refractivity contribution < 1.29 is 9.59 Å². The molecule has 182 valence electrons. The van der Waals surface area contributed by atoms with Crippen LogP contribution in [0, 0.1) is 5.92 Å². The Hall–Kier alpha value is -1.87. The second-order valence-corrected chi connectivity index (χ2v) is 9.17. The molecule has 1 unspecified atom stereocenters.